The topological polar surface area (TPSA) is 55.5 Å². The molecule has 1 saturated heterocycles. The van der Waals surface area contributed by atoms with Crippen LogP contribution in [0.25, 0.3) is 0 Å². The summed E-state index contributed by atoms with van der Waals surface area (Å²) in [6, 6.07) is 0. The van der Waals surface area contributed by atoms with Crippen LogP contribution in [0.15, 0.2) is 0 Å². The van der Waals surface area contributed by atoms with Crippen LogP contribution >= 0.6 is 0 Å². The summed E-state index contributed by atoms with van der Waals surface area (Å²) in [6.45, 7) is 2.57. The van der Waals surface area contributed by atoms with E-state index in [9.17, 15) is 5.11 Å². The Hall–Kier alpha value is -0.120. The minimum Gasteiger partial charge on any atom is -0.390 e. The van der Waals surface area contributed by atoms with Gasteiger partial charge >= 0.3 is 0 Å². The minimum absolute atomic E-state index is 0.0357. The van der Waals surface area contributed by atoms with Gasteiger partial charge in [-0.3, -0.25) is 0 Å². The molecule has 0 saturated carbocycles. The number of hydrogen-bond acceptors (Lipinski definition) is 3. The van der Waals surface area contributed by atoms with Crippen molar-refractivity contribution in [2.75, 3.05) is 6.54 Å². The lowest BCUT2D eigenvalue weighted by Gasteiger charge is -2.17. The van der Waals surface area contributed by atoms with E-state index in [1.54, 1.807) is 0 Å². The second-order valence-corrected chi connectivity index (χ2v) is 3.21. The summed E-state index contributed by atoms with van der Waals surface area (Å²) < 4.78 is 5.47. The molecule has 1 unspecified atom stereocenters. The van der Waals surface area contributed by atoms with Crippen LogP contribution in [0.4, 0.5) is 0 Å². The van der Waals surface area contributed by atoms with Gasteiger partial charge in [-0.2, -0.15) is 0 Å². The highest BCUT2D eigenvalue weighted by molar-refractivity contribution is 4.77. The largest absolute Gasteiger partial charge is 0.390 e. The maximum absolute atomic E-state index is 9.46. The second kappa shape index (κ2) is 4.04. The smallest absolute Gasteiger partial charge is 0.0839 e. The standard InChI is InChI=1S/C8H17NO2/c1-6-2-3-8(11-6)7(10)4-5-9/h6-8,10H,2-5,9H2,1H3/t6-,7+,8?/m1/s1. The van der Waals surface area contributed by atoms with Crippen molar-refractivity contribution in [1.82, 2.24) is 0 Å². The van der Waals surface area contributed by atoms with Gasteiger partial charge in [0.05, 0.1) is 18.3 Å². The maximum atomic E-state index is 9.46. The molecular formula is C8H17NO2. The first-order chi connectivity index (χ1) is 5.24. The third kappa shape index (κ3) is 2.43. The van der Waals surface area contributed by atoms with Gasteiger partial charge in [-0.05, 0) is 32.7 Å². The second-order valence-electron chi connectivity index (χ2n) is 3.21. The van der Waals surface area contributed by atoms with Crippen LogP contribution in [-0.2, 0) is 4.74 Å². The number of hydrogen-bond donors (Lipinski definition) is 2. The fourth-order valence-corrected chi connectivity index (χ4v) is 1.47. The van der Waals surface area contributed by atoms with E-state index < -0.39 is 0 Å². The van der Waals surface area contributed by atoms with Gasteiger partial charge in [0.1, 0.15) is 0 Å². The first-order valence-corrected chi connectivity index (χ1v) is 4.27. The van der Waals surface area contributed by atoms with Gasteiger partial charge in [-0.15, -0.1) is 0 Å². The number of nitrogens with two attached hydrogens (primary N) is 1. The van der Waals surface area contributed by atoms with Crippen molar-refractivity contribution in [2.45, 2.75) is 44.5 Å². The number of rotatable bonds is 3. The highest BCUT2D eigenvalue weighted by Gasteiger charge is 2.27. The van der Waals surface area contributed by atoms with E-state index in [0.717, 1.165) is 12.8 Å². The molecule has 1 fully saturated rings. The molecule has 3 heteroatoms. The molecule has 3 atom stereocenters. The van der Waals surface area contributed by atoms with Crippen molar-refractivity contribution in [2.24, 2.45) is 5.73 Å². The molecule has 1 aliphatic heterocycles. The molecule has 66 valence electrons. The van der Waals surface area contributed by atoms with Gasteiger partial charge in [0.25, 0.3) is 0 Å². The molecule has 1 rings (SSSR count). The molecule has 0 spiro atoms. The zero-order valence-corrected chi connectivity index (χ0v) is 6.99. The first kappa shape index (κ1) is 8.97. The summed E-state index contributed by atoms with van der Waals surface area (Å²) in [5.74, 6) is 0. The Morgan fingerprint density at radius 2 is 2.36 bits per heavy atom. The van der Waals surface area contributed by atoms with Crippen molar-refractivity contribution in [3.05, 3.63) is 0 Å². The molecule has 0 bridgehead atoms. The normalized spacial score (nSPS) is 34.1. The number of aliphatic hydroxyl groups is 1. The highest BCUT2D eigenvalue weighted by Crippen LogP contribution is 2.22. The Morgan fingerprint density at radius 1 is 1.64 bits per heavy atom. The van der Waals surface area contributed by atoms with Crippen LogP contribution in [0.3, 0.4) is 0 Å². The molecular weight excluding hydrogens is 142 g/mol. The lowest BCUT2D eigenvalue weighted by Crippen LogP contribution is -2.28. The van der Waals surface area contributed by atoms with Gasteiger partial charge in [0, 0.05) is 0 Å². The molecule has 0 aromatic carbocycles. The van der Waals surface area contributed by atoms with E-state index >= 15 is 0 Å². The van der Waals surface area contributed by atoms with E-state index in [1.165, 1.54) is 0 Å². The average molecular weight is 159 g/mol. The predicted octanol–water partition coefficient (Wildman–Crippen LogP) is 0.264. The number of aliphatic hydroxyl groups excluding tert-OH is 1. The Bertz CT molecular complexity index is 119. The third-order valence-electron chi connectivity index (χ3n) is 2.16. The van der Waals surface area contributed by atoms with Crippen LogP contribution in [0.5, 0.6) is 0 Å². The summed E-state index contributed by atoms with van der Waals surface area (Å²) in [6.07, 6.45) is 2.68. The van der Waals surface area contributed by atoms with E-state index in [1.807, 2.05) is 6.92 Å². The van der Waals surface area contributed by atoms with E-state index in [2.05, 4.69) is 0 Å². The van der Waals surface area contributed by atoms with Crippen LogP contribution in [0.2, 0.25) is 0 Å². The van der Waals surface area contributed by atoms with E-state index in [-0.39, 0.29) is 12.2 Å². The van der Waals surface area contributed by atoms with Crippen molar-refractivity contribution in [3.8, 4) is 0 Å². The van der Waals surface area contributed by atoms with Crippen molar-refractivity contribution in [1.29, 1.82) is 0 Å². The molecule has 0 amide bonds. The van der Waals surface area contributed by atoms with Crippen LogP contribution < -0.4 is 5.73 Å². The first-order valence-electron chi connectivity index (χ1n) is 4.27. The lowest BCUT2D eigenvalue weighted by atomic mass is 10.1. The molecule has 1 aliphatic rings. The maximum Gasteiger partial charge on any atom is 0.0839 e. The average Bonchev–Trinajstić information content (AvgIpc) is 2.36. The summed E-state index contributed by atoms with van der Waals surface area (Å²) in [5.41, 5.74) is 5.32. The Labute approximate surface area is 67.5 Å². The Kier molecular flexibility index (Phi) is 3.30. The monoisotopic (exact) mass is 159 g/mol. The van der Waals surface area contributed by atoms with Crippen molar-refractivity contribution >= 4 is 0 Å². The third-order valence-corrected chi connectivity index (χ3v) is 2.16. The van der Waals surface area contributed by atoms with Gasteiger partial charge in [0.15, 0.2) is 0 Å². The van der Waals surface area contributed by atoms with Crippen molar-refractivity contribution in [3.63, 3.8) is 0 Å². The van der Waals surface area contributed by atoms with Gasteiger partial charge in [0.2, 0.25) is 0 Å². The SMILES string of the molecule is C[C@@H]1CCC([C@@H](O)CCN)O1. The van der Waals surface area contributed by atoms with E-state index in [0.29, 0.717) is 19.1 Å². The fourth-order valence-electron chi connectivity index (χ4n) is 1.47. The fraction of sp³-hybridized carbons (Fsp3) is 1.00. The molecule has 11 heavy (non-hydrogen) atoms. The number of ether oxygens (including phenoxy) is 1. The van der Waals surface area contributed by atoms with Crippen molar-refractivity contribution < 1.29 is 9.84 Å². The highest BCUT2D eigenvalue weighted by atomic mass is 16.5. The Morgan fingerprint density at radius 3 is 2.82 bits per heavy atom. The summed E-state index contributed by atoms with van der Waals surface area (Å²) in [4.78, 5) is 0. The predicted molar refractivity (Wildman–Crippen MR) is 43.2 cm³/mol. The molecule has 0 aromatic rings. The molecule has 3 nitrogen and oxygen atoms in total. The molecule has 1 heterocycles. The van der Waals surface area contributed by atoms with Gasteiger partial charge in [-0.1, -0.05) is 0 Å². The Balaban J connectivity index is 2.25. The summed E-state index contributed by atoms with van der Waals surface area (Å²) in [7, 11) is 0. The molecule has 0 aliphatic carbocycles. The minimum atomic E-state index is -0.357. The molecule has 0 radical (unpaired) electrons. The van der Waals surface area contributed by atoms with Crippen LogP contribution in [0, 0.1) is 0 Å². The molecule has 0 aromatic heterocycles. The summed E-state index contributed by atoms with van der Waals surface area (Å²) in [5, 5.41) is 9.46. The van der Waals surface area contributed by atoms with Gasteiger partial charge < -0.3 is 15.6 Å². The van der Waals surface area contributed by atoms with Crippen LogP contribution in [0.1, 0.15) is 26.2 Å². The quantitative estimate of drug-likeness (QED) is 0.621. The van der Waals surface area contributed by atoms with E-state index in [4.69, 9.17) is 10.5 Å². The zero-order valence-electron chi connectivity index (χ0n) is 6.99. The van der Waals surface area contributed by atoms with Gasteiger partial charge in [-0.25, -0.2) is 0 Å². The zero-order chi connectivity index (χ0) is 8.27. The summed E-state index contributed by atoms with van der Waals surface area (Å²) >= 11 is 0. The molecule has 3 N–H and O–H groups in total. The van der Waals surface area contributed by atoms with Crippen LogP contribution in [-0.4, -0.2) is 30.0 Å². The lowest BCUT2D eigenvalue weighted by molar-refractivity contribution is -0.0303.